The van der Waals surface area contributed by atoms with Gasteiger partial charge >= 0.3 is 0 Å². The summed E-state index contributed by atoms with van der Waals surface area (Å²) in [5.74, 6) is 0.203. The number of imidazole rings is 1. The van der Waals surface area contributed by atoms with E-state index in [-0.39, 0.29) is 22.6 Å². The summed E-state index contributed by atoms with van der Waals surface area (Å²) in [7, 11) is -3.77. The Bertz CT molecular complexity index is 860. The van der Waals surface area contributed by atoms with Gasteiger partial charge in [-0.05, 0) is 38.5 Å². The quantitative estimate of drug-likeness (QED) is 0.678. The molecule has 0 bridgehead atoms. The molecule has 7 nitrogen and oxygen atoms in total. The standard InChI is InChI=1S/C16H24N4O3S2/c1-4-5-8-20-14-7-6-12(25(17,22)23)9-13(14)19-16(20)24-10-15(21)18-11(2)3/h6-7,9,11H,4-5,8,10H2,1-3H3,(H,18,21)(H2,17,22,23). The zero-order valence-electron chi connectivity index (χ0n) is 14.7. The third kappa shape index (κ3) is 5.20. The van der Waals surface area contributed by atoms with Gasteiger partial charge in [0.05, 0.1) is 21.7 Å². The summed E-state index contributed by atoms with van der Waals surface area (Å²) in [6, 6.07) is 4.77. The van der Waals surface area contributed by atoms with Crippen LogP contribution >= 0.6 is 11.8 Å². The van der Waals surface area contributed by atoms with E-state index in [0.29, 0.717) is 10.7 Å². The van der Waals surface area contributed by atoms with Crippen LogP contribution in [0.1, 0.15) is 33.6 Å². The second-order valence-electron chi connectivity index (χ2n) is 6.11. The molecule has 25 heavy (non-hydrogen) atoms. The summed E-state index contributed by atoms with van der Waals surface area (Å²) >= 11 is 1.35. The van der Waals surface area contributed by atoms with E-state index in [1.54, 1.807) is 6.07 Å². The molecule has 1 heterocycles. The highest BCUT2D eigenvalue weighted by molar-refractivity contribution is 7.99. The SMILES string of the molecule is CCCCn1c(SCC(=O)NC(C)C)nc2cc(S(N)(=O)=O)ccc21. The van der Waals surface area contributed by atoms with E-state index in [1.165, 1.54) is 23.9 Å². The van der Waals surface area contributed by atoms with E-state index in [0.717, 1.165) is 24.9 Å². The fourth-order valence-corrected chi connectivity index (χ4v) is 3.79. The number of amides is 1. The molecule has 1 aromatic carbocycles. The number of unbranched alkanes of at least 4 members (excludes halogenated alkanes) is 1. The minimum Gasteiger partial charge on any atom is -0.353 e. The minimum atomic E-state index is -3.77. The van der Waals surface area contributed by atoms with Crippen molar-refractivity contribution in [3.05, 3.63) is 18.2 Å². The average molecular weight is 385 g/mol. The molecule has 2 rings (SSSR count). The summed E-state index contributed by atoms with van der Waals surface area (Å²) in [6.45, 7) is 6.68. The topological polar surface area (TPSA) is 107 Å². The lowest BCUT2D eigenvalue weighted by Gasteiger charge is -2.10. The molecule has 0 aliphatic heterocycles. The Balaban J connectivity index is 2.34. The second-order valence-corrected chi connectivity index (χ2v) is 8.61. The minimum absolute atomic E-state index is 0.0363. The highest BCUT2D eigenvalue weighted by Crippen LogP contribution is 2.26. The Labute approximate surface area is 152 Å². The summed E-state index contributed by atoms with van der Waals surface area (Å²) in [5, 5.41) is 8.75. The van der Waals surface area contributed by atoms with Crippen LogP contribution in [0.2, 0.25) is 0 Å². The monoisotopic (exact) mass is 384 g/mol. The number of rotatable bonds is 8. The number of nitrogens with one attached hydrogen (secondary N) is 1. The van der Waals surface area contributed by atoms with Crippen molar-refractivity contribution in [1.82, 2.24) is 14.9 Å². The van der Waals surface area contributed by atoms with Gasteiger partial charge in [0.2, 0.25) is 15.9 Å². The third-order valence-electron chi connectivity index (χ3n) is 3.53. The molecule has 0 unspecified atom stereocenters. The Morgan fingerprint density at radius 2 is 2.12 bits per heavy atom. The van der Waals surface area contributed by atoms with E-state index in [2.05, 4.69) is 17.2 Å². The van der Waals surface area contributed by atoms with E-state index in [4.69, 9.17) is 5.14 Å². The highest BCUT2D eigenvalue weighted by atomic mass is 32.2. The molecule has 2 aromatic rings. The van der Waals surface area contributed by atoms with Crippen molar-refractivity contribution in [2.24, 2.45) is 5.14 Å². The van der Waals surface area contributed by atoms with Crippen molar-refractivity contribution in [3.63, 3.8) is 0 Å². The lowest BCUT2D eigenvalue weighted by atomic mass is 10.3. The Morgan fingerprint density at radius 3 is 2.72 bits per heavy atom. The molecular weight excluding hydrogens is 360 g/mol. The van der Waals surface area contributed by atoms with Crippen LogP contribution in [0.3, 0.4) is 0 Å². The predicted octanol–water partition coefficient (Wildman–Crippen LogP) is 2.10. The number of benzene rings is 1. The van der Waals surface area contributed by atoms with E-state index in [9.17, 15) is 13.2 Å². The van der Waals surface area contributed by atoms with Gasteiger partial charge in [-0.3, -0.25) is 4.79 Å². The molecule has 138 valence electrons. The third-order valence-corrected chi connectivity index (χ3v) is 5.42. The molecule has 1 amide bonds. The first-order valence-electron chi connectivity index (χ1n) is 8.17. The zero-order valence-corrected chi connectivity index (χ0v) is 16.3. The van der Waals surface area contributed by atoms with Crippen LogP contribution in [-0.2, 0) is 21.4 Å². The fourth-order valence-electron chi connectivity index (χ4n) is 2.40. The number of nitrogens with zero attached hydrogens (tertiary/aromatic N) is 2. The Hall–Kier alpha value is -1.58. The molecule has 0 saturated carbocycles. The molecule has 0 radical (unpaired) electrons. The molecule has 3 N–H and O–H groups in total. The molecule has 0 atom stereocenters. The number of primary sulfonamides is 1. The first-order chi connectivity index (χ1) is 11.7. The fraction of sp³-hybridized carbons (Fsp3) is 0.500. The van der Waals surface area contributed by atoms with Crippen LogP contribution in [0.4, 0.5) is 0 Å². The largest absolute Gasteiger partial charge is 0.353 e. The maximum Gasteiger partial charge on any atom is 0.238 e. The van der Waals surface area contributed by atoms with Crippen molar-refractivity contribution < 1.29 is 13.2 Å². The Kier molecular flexibility index (Phi) is 6.47. The Morgan fingerprint density at radius 1 is 1.40 bits per heavy atom. The summed E-state index contributed by atoms with van der Waals surface area (Å²) in [5.41, 5.74) is 1.40. The van der Waals surface area contributed by atoms with Gasteiger partial charge in [-0.15, -0.1) is 0 Å². The number of carbonyl (C=O) groups excluding carboxylic acids is 1. The van der Waals surface area contributed by atoms with Crippen LogP contribution in [0.5, 0.6) is 0 Å². The number of nitrogens with two attached hydrogens (primary N) is 1. The van der Waals surface area contributed by atoms with Crippen LogP contribution < -0.4 is 10.5 Å². The normalized spacial score (nSPS) is 12.0. The van der Waals surface area contributed by atoms with Gasteiger partial charge in [-0.1, -0.05) is 25.1 Å². The predicted molar refractivity (Wildman–Crippen MR) is 100 cm³/mol. The summed E-state index contributed by atoms with van der Waals surface area (Å²) in [4.78, 5) is 16.4. The van der Waals surface area contributed by atoms with Gasteiger partial charge in [-0.25, -0.2) is 18.5 Å². The van der Waals surface area contributed by atoms with Gasteiger partial charge in [0.15, 0.2) is 5.16 Å². The average Bonchev–Trinajstić information content (AvgIpc) is 2.86. The van der Waals surface area contributed by atoms with Crippen molar-refractivity contribution >= 4 is 38.7 Å². The number of thioether (sulfide) groups is 1. The lowest BCUT2D eigenvalue weighted by Crippen LogP contribution is -2.31. The lowest BCUT2D eigenvalue weighted by molar-refractivity contribution is -0.119. The highest BCUT2D eigenvalue weighted by Gasteiger charge is 2.16. The van der Waals surface area contributed by atoms with Crippen molar-refractivity contribution in [1.29, 1.82) is 0 Å². The van der Waals surface area contributed by atoms with Gasteiger partial charge in [-0.2, -0.15) is 0 Å². The maximum atomic E-state index is 11.9. The summed E-state index contributed by atoms with van der Waals surface area (Å²) in [6.07, 6.45) is 1.99. The van der Waals surface area contributed by atoms with Crippen LogP contribution in [0.15, 0.2) is 28.3 Å². The first-order valence-corrected chi connectivity index (χ1v) is 10.7. The van der Waals surface area contributed by atoms with Crippen molar-refractivity contribution in [2.75, 3.05) is 5.75 Å². The zero-order chi connectivity index (χ0) is 18.6. The molecule has 0 aliphatic carbocycles. The number of carbonyl (C=O) groups is 1. The molecule has 0 aliphatic rings. The van der Waals surface area contributed by atoms with Gasteiger partial charge < -0.3 is 9.88 Å². The van der Waals surface area contributed by atoms with Gasteiger partial charge in [0, 0.05) is 12.6 Å². The maximum absolute atomic E-state index is 11.9. The number of fused-ring (bicyclic) bond motifs is 1. The van der Waals surface area contributed by atoms with Crippen molar-refractivity contribution in [2.45, 2.75) is 56.3 Å². The van der Waals surface area contributed by atoms with E-state index < -0.39 is 10.0 Å². The molecule has 0 fully saturated rings. The molecule has 9 heteroatoms. The van der Waals surface area contributed by atoms with Crippen LogP contribution in [0, 0.1) is 0 Å². The van der Waals surface area contributed by atoms with Crippen molar-refractivity contribution in [3.8, 4) is 0 Å². The van der Waals surface area contributed by atoms with Crippen LogP contribution in [-0.4, -0.2) is 35.7 Å². The van der Waals surface area contributed by atoms with Gasteiger partial charge in [0.25, 0.3) is 0 Å². The molecule has 0 spiro atoms. The summed E-state index contributed by atoms with van der Waals surface area (Å²) < 4.78 is 25.1. The number of sulfonamides is 1. The van der Waals surface area contributed by atoms with E-state index in [1.807, 2.05) is 18.4 Å². The number of aryl methyl sites for hydroxylation is 1. The molecule has 0 saturated heterocycles. The van der Waals surface area contributed by atoms with E-state index >= 15 is 0 Å². The number of hydrogen-bond donors (Lipinski definition) is 2. The first kappa shape index (κ1) is 19.7. The second kappa shape index (κ2) is 8.20. The molecular formula is C16H24N4O3S2. The number of aromatic nitrogens is 2. The smallest absolute Gasteiger partial charge is 0.238 e. The number of hydrogen-bond acceptors (Lipinski definition) is 5. The van der Waals surface area contributed by atoms with Crippen LogP contribution in [0.25, 0.3) is 11.0 Å². The van der Waals surface area contributed by atoms with Gasteiger partial charge in [0.1, 0.15) is 0 Å². The molecule has 1 aromatic heterocycles.